The van der Waals surface area contributed by atoms with Gasteiger partial charge >= 0.3 is 11.9 Å². The SMILES string of the molecule is CCCOC(=O)c1ccc(-c2ccc(C=c3sc4n(c3=O)C(c3ccccc3OC)C(C(=O)OCCOC)=C(C)N=4)o2)cc1. The van der Waals surface area contributed by atoms with Gasteiger partial charge in [-0.25, -0.2) is 14.6 Å². The number of methoxy groups -OCH3 is 2. The van der Waals surface area contributed by atoms with Crippen LogP contribution in [-0.2, 0) is 19.0 Å². The predicted molar refractivity (Wildman–Crippen MR) is 164 cm³/mol. The largest absolute Gasteiger partial charge is 0.496 e. The molecule has 5 rings (SSSR count). The van der Waals surface area contributed by atoms with E-state index in [0.717, 1.165) is 12.0 Å². The van der Waals surface area contributed by atoms with Gasteiger partial charge in [-0.05, 0) is 43.7 Å². The Bertz CT molecular complexity index is 1880. The summed E-state index contributed by atoms with van der Waals surface area (Å²) in [5, 5.41) is 0. The number of allylic oxidation sites excluding steroid dienone is 1. The Kier molecular flexibility index (Phi) is 9.56. The molecule has 1 unspecified atom stereocenters. The van der Waals surface area contributed by atoms with Crippen molar-refractivity contribution in [2.24, 2.45) is 4.99 Å². The molecule has 0 radical (unpaired) electrons. The minimum atomic E-state index is -0.825. The van der Waals surface area contributed by atoms with Crippen molar-refractivity contribution in [2.75, 3.05) is 34.0 Å². The smallest absolute Gasteiger partial charge is 0.338 e. The van der Waals surface area contributed by atoms with E-state index in [1.165, 1.54) is 30.1 Å². The van der Waals surface area contributed by atoms with Gasteiger partial charge in [0.1, 0.15) is 29.9 Å². The molecule has 10 nitrogen and oxygen atoms in total. The van der Waals surface area contributed by atoms with Gasteiger partial charge in [-0.1, -0.05) is 48.6 Å². The topological polar surface area (TPSA) is 119 Å². The zero-order chi connectivity index (χ0) is 31.2. The molecule has 1 atom stereocenters. The van der Waals surface area contributed by atoms with E-state index >= 15 is 0 Å². The summed E-state index contributed by atoms with van der Waals surface area (Å²) in [7, 11) is 3.06. The van der Waals surface area contributed by atoms with Crippen molar-refractivity contribution in [1.82, 2.24) is 4.57 Å². The average Bonchev–Trinajstić information content (AvgIpc) is 3.63. The summed E-state index contributed by atoms with van der Waals surface area (Å²) in [6.45, 7) is 4.32. The summed E-state index contributed by atoms with van der Waals surface area (Å²) in [6.07, 6.45) is 2.40. The molecule has 0 amide bonds. The molecule has 0 N–H and O–H groups in total. The number of carbonyl (C=O) groups is 2. The third-order valence-corrected chi connectivity index (χ3v) is 7.92. The number of benzene rings is 2. The zero-order valence-electron chi connectivity index (χ0n) is 24.8. The number of carbonyl (C=O) groups excluding carboxylic acids is 2. The van der Waals surface area contributed by atoms with Crippen molar-refractivity contribution in [2.45, 2.75) is 26.3 Å². The van der Waals surface area contributed by atoms with Gasteiger partial charge in [0, 0.05) is 24.3 Å². The second-order valence-corrected chi connectivity index (χ2v) is 10.9. The van der Waals surface area contributed by atoms with E-state index in [1.54, 1.807) is 55.5 Å². The Balaban J connectivity index is 1.52. The number of para-hydroxylation sites is 1. The maximum absolute atomic E-state index is 14.0. The first-order chi connectivity index (χ1) is 21.4. The molecule has 44 heavy (non-hydrogen) atoms. The average molecular weight is 617 g/mol. The van der Waals surface area contributed by atoms with E-state index in [2.05, 4.69) is 4.99 Å². The molecule has 1 aliphatic rings. The molecule has 2 aromatic heterocycles. The highest BCUT2D eigenvalue weighted by molar-refractivity contribution is 7.07. The van der Waals surface area contributed by atoms with Crippen LogP contribution in [0.3, 0.4) is 0 Å². The summed E-state index contributed by atoms with van der Waals surface area (Å²) >= 11 is 1.19. The van der Waals surface area contributed by atoms with Crippen LogP contribution in [0, 0.1) is 0 Å². The summed E-state index contributed by atoms with van der Waals surface area (Å²) in [5.41, 5.74) is 2.19. The highest BCUT2D eigenvalue weighted by atomic mass is 32.1. The normalized spacial score (nSPS) is 14.6. The fourth-order valence-electron chi connectivity index (χ4n) is 4.83. The van der Waals surface area contributed by atoms with Crippen LogP contribution in [0.25, 0.3) is 17.4 Å². The number of hydrogen-bond donors (Lipinski definition) is 0. The fraction of sp³-hybridized carbons (Fsp3) is 0.273. The van der Waals surface area contributed by atoms with Crippen LogP contribution in [0.2, 0.25) is 0 Å². The second kappa shape index (κ2) is 13.7. The first kappa shape index (κ1) is 30.7. The van der Waals surface area contributed by atoms with Gasteiger partial charge in [0.15, 0.2) is 4.80 Å². The molecule has 11 heteroatoms. The number of ether oxygens (including phenoxy) is 4. The predicted octanol–water partition coefficient (Wildman–Crippen LogP) is 4.26. The number of rotatable bonds is 11. The summed E-state index contributed by atoms with van der Waals surface area (Å²) in [4.78, 5) is 44.5. The van der Waals surface area contributed by atoms with E-state index in [4.69, 9.17) is 23.4 Å². The zero-order valence-corrected chi connectivity index (χ0v) is 25.6. The Morgan fingerprint density at radius 3 is 2.45 bits per heavy atom. The summed E-state index contributed by atoms with van der Waals surface area (Å²) in [5.74, 6) is 0.585. The van der Waals surface area contributed by atoms with Gasteiger partial charge in [-0.3, -0.25) is 9.36 Å². The molecule has 0 aliphatic carbocycles. The number of fused-ring (bicyclic) bond motifs is 1. The molecule has 4 aromatic rings. The number of furan rings is 1. The minimum absolute atomic E-state index is 0.0572. The lowest BCUT2D eigenvalue weighted by Gasteiger charge is -2.26. The number of nitrogens with zero attached hydrogens (tertiary/aromatic N) is 2. The second-order valence-electron chi connectivity index (χ2n) is 9.87. The maximum atomic E-state index is 14.0. The molecule has 1 aliphatic heterocycles. The summed E-state index contributed by atoms with van der Waals surface area (Å²) < 4.78 is 29.2. The third-order valence-electron chi connectivity index (χ3n) is 6.94. The van der Waals surface area contributed by atoms with Crippen molar-refractivity contribution in [3.8, 4) is 17.1 Å². The van der Waals surface area contributed by atoms with Gasteiger partial charge in [0.2, 0.25) is 0 Å². The molecule has 3 heterocycles. The van der Waals surface area contributed by atoms with E-state index in [-0.39, 0.29) is 30.3 Å². The lowest BCUT2D eigenvalue weighted by Crippen LogP contribution is -2.40. The van der Waals surface area contributed by atoms with Gasteiger partial charge in [-0.2, -0.15) is 0 Å². The van der Waals surface area contributed by atoms with Crippen molar-refractivity contribution >= 4 is 29.4 Å². The number of thiazole rings is 1. The van der Waals surface area contributed by atoms with Crippen LogP contribution >= 0.6 is 11.3 Å². The Labute approximate surface area is 257 Å². The van der Waals surface area contributed by atoms with Crippen molar-refractivity contribution < 1.29 is 33.0 Å². The van der Waals surface area contributed by atoms with Crippen LogP contribution in [0.15, 0.2) is 86.1 Å². The summed E-state index contributed by atoms with van der Waals surface area (Å²) in [6, 6.07) is 16.9. The first-order valence-corrected chi connectivity index (χ1v) is 14.9. The number of esters is 2. The maximum Gasteiger partial charge on any atom is 0.338 e. The minimum Gasteiger partial charge on any atom is -0.496 e. The Morgan fingerprint density at radius 2 is 1.73 bits per heavy atom. The lowest BCUT2D eigenvalue weighted by molar-refractivity contribution is -0.140. The Hall–Kier alpha value is -4.74. The monoisotopic (exact) mass is 616 g/mol. The molecular formula is C33H32N2O8S. The van der Waals surface area contributed by atoms with Crippen LogP contribution in [0.4, 0.5) is 0 Å². The third kappa shape index (κ3) is 6.29. The van der Waals surface area contributed by atoms with Crippen LogP contribution in [0.5, 0.6) is 5.75 Å². The highest BCUT2D eigenvalue weighted by Gasteiger charge is 2.35. The molecule has 0 fully saturated rings. The quantitative estimate of drug-likeness (QED) is 0.181. The van der Waals surface area contributed by atoms with Gasteiger partial charge in [0.05, 0.1) is 41.7 Å². The molecule has 2 aromatic carbocycles. The number of hydrogen-bond acceptors (Lipinski definition) is 10. The molecular weight excluding hydrogens is 584 g/mol. The fourth-order valence-corrected chi connectivity index (χ4v) is 5.85. The number of aromatic nitrogens is 1. The van der Waals surface area contributed by atoms with Crippen LogP contribution < -0.4 is 19.6 Å². The van der Waals surface area contributed by atoms with Gasteiger partial charge in [0.25, 0.3) is 5.56 Å². The van der Waals surface area contributed by atoms with Gasteiger partial charge in [-0.15, -0.1) is 0 Å². The molecule has 0 saturated carbocycles. The van der Waals surface area contributed by atoms with Crippen LogP contribution in [0.1, 0.15) is 48.0 Å². The highest BCUT2D eigenvalue weighted by Crippen LogP contribution is 2.35. The first-order valence-electron chi connectivity index (χ1n) is 14.0. The van der Waals surface area contributed by atoms with E-state index in [0.29, 0.717) is 50.0 Å². The van der Waals surface area contributed by atoms with Crippen molar-refractivity contribution in [1.29, 1.82) is 0 Å². The molecule has 0 saturated heterocycles. The molecule has 0 bridgehead atoms. The van der Waals surface area contributed by atoms with Crippen molar-refractivity contribution in [3.63, 3.8) is 0 Å². The lowest BCUT2D eigenvalue weighted by atomic mass is 9.95. The van der Waals surface area contributed by atoms with E-state index in [1.807, 2.05) is 25.1 Å². The van der Waals surface area contributed by atoms with E-state index in [9.17, 15) is 14.4 Å². The Morgan fingerprint density at radius 1 is 0.977 bits per heavy atom. The standard InChI is InChI=1S/C33H32N2O8S/c1-5-16-41-31(37)22-12-10-21(11-13-22)25-15-14-23(43-25)19-27-30(36)35-29(24-8-6-7-9-26(24)40-4)28(20(2)34-33(35)44-27)32(38)42-18-17-39-3/h6-15,19,29H,5,16-18H2,1-4H3. The molecule has 0 spiro atoms. The van der Waals surface area contributed by atoms with E-state index < -0.39 is 12.0 Å². The van der Waals surface area contributed by atoms with Gasteiger partial charge < -0.3 is 23.4 Å². The molecule has 228 valence electrons. The van der Waals surface area contributed by atoms with Crippen molar-refractivity contribution in [3.05, 3.63) is 109 Å². The van der Waals surface area contributed by atoms with Crippen LogP contribution in [-0.4, -0.2) is 50.5 Å².